The maximum absolute atomic E-state index is 15.2. The standard InChI is InChI=1S/C18H21FO9S2/c1-10(20)24-9-14-16(25-11(2)21)17(26-12(3)22)15(19)18(27-14)28-30(23,29)13-7-5-4-6-8-13/h4-8,14-18H,9H2,1-3H3/t14-,15-,16-,17-,18?,30?/m1/s1/i19-1. The van der Waals surface area contributed by atoms with Crippen LogP contribution < -0.4 is 0 Å². The number of halogens is 1. The van der Waals surface area contributed by atoms with Gasteiger partial charge in [0.05, 0.1) is 4.90 Å². The van der Waals surface area contributed by atoms with E-state index in [4.69, 9.17) is 34.3 Å². The number of rotatable bonds is 7. The predicted octanol–water partition coefficient (Wildman–Crippen LogP) is 1.21. The van der Waals surface area contributed by atoms with Crippen molar-refractivity contribution < 1.29 is 46.1 Å². The molecular formula is C18H21FO9S2. The van der Waals surface area contributed by atoms with Crippen molar-refractivity contribution >= 4 is 37.9 Å². The topological polar surface area (TPSA) is 114 Å². The lowest BCUT2D eigenvalue weighted by atomic mass is 9.99. The van der Waals surface area contributed by atoms with Crippen molar-refractivity contribution in [3.05, 3.63) is 30.3 Å². The van der Waals surface area contributed by atoms with Crippen LogP contribution in [0, 0.1) is 0 Å². The number of alkyl halides is 1. The molecule has 1 aliphatic heterocycles. The zero-order chi connectivity index (χ0) is 22.5. The molecule has 6 atom stereocenters. The van der Waals surface area contributed by atoms with E-state index in [-0.39, 0.29) is 4.90 Å². The van der Waals surface area contributed by atoms with Crippen LogP contribution in [0.4, 0.5) is 4.39 Å². The fourth-order valence-electron chi connectivity index (χ4n) is 2.71. The van der Waals surface area contributed by atoms with E-state index >= 15 is 4.39 Å². The molecular weight excluding hydrogens is 442 g/mol. The Kier molecular flexibility index (Phi) is 8.24. The molecule has 1 heterocycles. The molecule has 1 saturated heterocycles. The van der Waals surface area contributed by atoms with Crippen LogP contribution in [-0.2, 0) is 57.5 Å². The number of hydrogen-bond acceptors (Lipinski definition) is 10. The minimum absolute atomic E-state index is 0.110. The Hall–Kier alpha value is -2.15. The van der Waals surface area contributed by atoms with Gasteiger partial charge in [-0.25, -0.2) is 8.60 Å². The van der Waals surface area contributed by atoms with Gasteiger partial charge < -0.3 is 18.9 Å². The van der Waals surface area contributed by atoms with Crippen LogP contribution in [0.1, 0.15) is 20.8 Å². The third-order valence-electron chi connectivity index (χ3n) is 3.88. The molecule has 0 radical (unpaired) electrons. The second-order valence-corrected chi connectivity index (χ2v) is 9.19. The van der Waals surface area contributed by atoms with Crippen LogP contribution in [0.5, 0.6) is 0 Å². The highest BCUT2D eigenvalue weighted by atomic mass is 32.8. The van der Waals surface area contributed by atoms with E-state index in [2.05, 4.69) is 0 Å². The zero-order valence-corrected chi connectivity index (χ0v) is 18.0. The summed E-state index contributed by atoms with van der Waals surface area (Å²) in [5, 5.41) is 0. The molecule has 1 fully saturated rings. The average Bonchev–Trinajstić information content (AvgIpc) is 2.65. The van der Waals surface area contributed by atoms with Crippen molar-refractivity contribution in [1.29, 1.82) is 0 Å². The minimum Gasteiger partial charge on any atom is -0.463 e. The summed E-state index contributed by atoms with van der Waals surface area (Å²) in [6.45, 7) is 2.76. The van der Waals surface area contributed by atoms with Gasteiger partial charge in [-0.1, -0.05) is 18.2 Å². The summed E-state index contributed by atoms with van der Waals surface area (Å²) in [6.07, 6.45) is -8.46. The molecule has 0 N–H and O–H groups in total. The Morgan fingerprint density at radius 3 is 2.13 bits per heavy atom. The van der Waals surface area contributed by atoms with Gasteiger partial charge in [0.25, 0.3) is 0 Å². The lowest BCUT2D eigenvalue weighted by Crippen LogP contribution is -2.60. The lowest BCUT2D eigenvalue weighted by molar-refractivity contribution is -0.270. The van der Waals surface area contributed by atoms with Gasteiger partial charge in [0.2, 0.25) is 6.29 Å². The highest BCUT2D eigenvalue weighted by Gasteiger charge is 2.52. The smallest absolute Gasteiger partial charge is 0.303 e. The second-order valence-electron chi connectivity index (χ2n) is 6.30. The number of hydrogen-bond donors (Lipinski definition) is 0. The van der Waals surface area contributed by atoms with Crippen LogP contribution in [0.15, 0.2) is 35.2 Å². The second kappa shape index (κ2) is 10.2. The third-order valence-corrected chi connectivity index (χ3v) is 5.99. The molecule has 1 aliphatic rings. The molecule has 9 nitrogen and oxygen atoms in total. The van der Waals surface area contributed by atoms with Crippen molar-refractivity contribution in [2.75, 3.05) is 6.61 Å². The lowest BCUT2D eigenvalue weighted by Gasteiger charge is -2.41. The van der Waals surface area contributed by atoms with Gasteiger partial charge in [0.1, 0.15) is 12.7 Å². The first-order chi connectivity index (χ1) is 14.0. The van der Waals surface area contributed by atoms with Crippen LogP contribution in [-0.4, -0.2) is 59.5 Å². The summed E-state index contributed by atoms with van der Waals surface area (Å²) < 4.78 is 53.6. The molecule has 166 valence electrons. The Morgan fingerprint density at radius 1 is 1.03 bits per heavy atom. The maximum atomic E-state index is 15.2. The summed E-state index contributed by atoms with van der Waals surface area (Å²) in [7, 11) is -3.63. The van der Waals surface area contributed by atoms with Crippen molar-refractivity contribution in [1.82, 2.24) is 0 Å². The van der Waals surface area contributed by atoms with Crippen molar-refractivity contribution in [2.24, 2.45) is 0 Å². The number of ether oxygens (including phenoxy) is 4. The fourth-order valence-corrected chi connectivity index (χ4v) is 4.28. The summed E-state index contributed by atoms with van der Waals surface area (Å²) >= 11 is 4.99. The van der Waals surface area contributed by atoms with Crippen molar-refractivity contribution in [2.45, 2.75) is 56.4 Å². The van der Waals surface area contributed by atoms with Gasteiger partial charge in [-0.3, -0.25) is 18.6 Å². The maximum Gasteiger partial charge on any atom is 0.303 e. The SMILES string of the molecule is CC(=O)OC[C@H]1OC(OS(=O)(=S)c2ccccc2)[C@H]([18F])[C@@H](OC(C)=O)[C@@H]1OC(C)=O. The fraction of sp³-hybridized carbons (Fsp3) is 0.500. The molecule has 0 aliphatic carbocycles. The third kappa shape index (κ3) is 6.42. The first-order valence-electron chi connectivity index (χ1n) is 8.77. The monoisotopic (exact) mass is 463 g/mol. The molecule has 0 bridgehead atoms. The number of carbonyl (C=O) groups excluding carboxylic acids is 3. The largest absolute Gasteiger partial charge is 0.463 e. The first-order valence-corrected chi connectivity index (χ1v) is 11.2. The van der Waals surface area contributed by atoms with E-state index in [1.165, 1.54) is 12.1 Å². The molecule has 2 unspecified atom stereocenters. The van der Waals surface area contributed by atoms with E-state index < -0.39 is 64.1 Å². The molecule has 0 spiro atoms. The summed E-state index contributed by atoms with van der Waals surface area (Å²) in [5.74, 6) is -2.36. The zero-order valence-electron chi connectivity index (χ0n) is 16.3. The van der Waals surface area contributed by atoms with E-state index in [9.17, 15) is 18.6 Å². The number of benzene rings is 1. The Morgan fingerprint density at radius 2 is 1.60 bits per heavy atom. The van der Waals surface area contributed by atoms with Gasteiger partial charge in [0, 0.05) is 32.0 Å². The highest BCUT2D eigenvalue weighted by molar-refractivity contribution is 8.30. The Bertz CT molecular complexity index is 875. The van der Waals surface area contributed by atoms with E-state index in [1.54, 1.807) is 18.2 Å². The van der Waals surface area contributed by atoms with Gasteiger partial charge in [-0.15, -0.1) is 0 Å². The normalized spacial score (nSPS) is 28.1. The van der Waals surface area contributed by atoms with E-state index in [0.717, 1.165) is 20.8 Å². The van der Waals surface area contributed by atoms with Gasteiger partial charge >= 0.3 is 17.9 Å². The molecule has 30 heavy (non-hydrogen) atoms. The minimum atomic E-state index is -3.63. The number of esters is 3. The van der Waals surface area contributed by atoms with Gasteiger partial charge in [0.15, 0.2) is 27.2 Å². The number of carbonyl (C=O) groups is 3. The van der Waals surface area contributed by atoms with E-state index in [1.807, 2.05) is 0 Å². The van der Waals surface area contributed by atoms with Gasteiger partial charge in [-0.05, 0) is 12.1 Å². The summed E-state index contributed by atoms with van der Waals surface area (Å²) in [6, 6.07) is 7.68. The first kappa shape index (κ1) is 24.1. The van der Waals surface area contributed by atoms with Crippen LogP contribution in [0.2, 0.25) is 0 Å². The van der Waals surface area contributed by atoms with Crippen molar-refractivity contribution in [3.8, 4) is 0 Å². The van der Waals surface area contributed by atoms with Gasteiger partial charge in [-0.2, -0.15) is 0 Å². The van der Waals surface area contributed by atoms with Crippen molar-refractivity contribution in [3.63, 3.8) is 0 Å². The quantitative estimate of drug-likeness (QED) is 0.432. The van der Waals surface area contributed by atoms with Crippen LogP contribution in [0.3, 0.4) is 0 Å². The highest BCUT2D eigenvalue weighted by Crippen LogP contribution is 2.31. The Balaban J connectivity index is 2.35. The summed E-state index contributed by atoms with van der Waals surface area (Å²) in [5.41, 5.74) is 0. The van der Waals surface area contributed by atoms with E-state index in [0.29, 0.717) is 0 Å². The van der Waals surface area contributed by atoms with Crippen LogP contribution in [0.25, 0.3) is 0 Å². The predicted molar refractivity (Wildman–Crippen MR) is 103 cm³/mol. The summed E-state index contributed by atoms with van der Waals surface area (Å²) in [4.78, 5) is 34.3. The molecule has 0 aromatic heterocycles. The molecule has 1 aromatic rings. The average molecular weight is 463 g/mol. The molecule has 0 saturated carbocycles. The molecule has 0 amide bonds. The molecule has 1 aromatic carbocycles. The Labute approximate surface area is 177 Å². The molecule has 2 rings (SSSR count). The molecule has 12 heteroatoms. The van der Waals surface area contributed by atoms with Crippen LogP contribution >= 0.6 is 0 Å².